The molecule has 2 amide bonds. The largest absolute Gasteiger partial charge is 0.493 e. The van der Waals surface area contributed by atoms with E-state index in [1.54, 1.807) is 0 Å². The summed E-state index contributed by atoms with van der Waals surface area (Å²) in [6.45, 7) is 2.26. The summed E-state index contributed by atoms with van der Waals surface area (Å²) < 4.78 is 7.75. The van der Waals surface area contributed by atoms with Crippen molar-refractivity contribution in [1.82, 2.24) is 20.0 Å². The highest BCUT2D eigenvalue weighted by Gasteiger charge is 2.32. The molecular formula is C29H34N4O3. The van der Waals surface area contributed by atoms with E-state index in [9.17, 15) is 9.59 Å². The molecule has 1 N–H and O–H groups in total. The molecule has 1 aliphatic carbocycles. The summed E-state index contributed by atoms with van der Waals surface area (Å²) in [6, 6.07) is 19.8. The Bertz CT molecular complexity index is 1160. The maximum Gasteiger partial charge on any atom is 0.226 e. The Kier molecular flexibility index (Phi) is 7.64. The third-order valence-electron chi connectivity index (χ3n) is 7.23. The van der Waals surface area contributed by atoms with E-state index < -0.39 is 0 Å². The van der Waals surface area contributed by atoms with Gasteiger partial charge in [0.05, 0.1) is 37.7 Å². The van der Waals surface area contributed by atoms with Crippen molar-refractivity contribution in [3.63, 3.8) is 0 Å². The van der Waals surface area contributed by atoms with Gasteiger partial charge < -0.3 is 15.0 Å². The van der Waals surface area contributed by atoms with Gasteiger partial charge in [0.1, 0.15) is 5.75 Å². The molecule has 5 rings (SSSR count). The number of ether oxygens (including phenoxy) is 1. The van der Waals surface area contributed by atoms with Crippen molar-refractivity contribution in [2.45, 2.75) is 51.1 Å². The molecule has 2 unspecified atom stereocenters. The fourth-order valence-corrected chi connectivity index (χ4v) is 5.30. The molecule has 1 aromatic heterocycles. The Hall–Kier alpha value is -3.61. The topological polar surface area (TPSA) is 76.5 Å². The first-order chi connectivity index (χ1) is 17.7. The number of hydrogen-bond donors (Lipinski definition) is 1. The van der Waals surface area contributed by atoms with Crippen LogP contribution in [0.4, 0.5) is 0 Å². The molecule has 2 aromatic carbocycles. The van der Waals surface area contributed by atoms with E-state index in [1.807, 2.05) is 59.6 Å². The van der Waals surface area contributed by atoms with Crippen LogP contribution in [0.1, 0.15) is 55.0 Å². The van der Waals surface area contributed by atoms with Crippen molar-refractivity contribution in [3.05, 3.63) is 83.7 Å². The molecule has 7 nitrogen and oxygen atoms in total. The molecule has 1 aliphatic heterocycles. The Morgan fingerprint density at radius 1 is 1.00 bits per heavy atom. The van der Waals surface area contributed by atoms with E-state index in [1.165, 1.54) is 11.3 Å². The quantitative estimate of drug-likeness (QED) is 0.519. The number of rotatable bonds is 8. The van der Waals surface area contributed by atoms with Crippen molar-refractivity contribution in [1.29, 1.82) is 0 Å². The normalized spacial score (nSPS) is 19.4. The second-order valence-electron chi connectivity index (χ2n) is 9.73. The first kappa shape index (κ1) is 24.1. The molecule has 0 radical (unpaired) electrons. The third-order valence-corrected chi connectivity index (χ3v) is 7.23. The minimum atomic E-state index is -0.178. The third kappa shape index (κ3) is 5.78. The number of benzene rings is 2. The van der Waals surface area contributed by atoms with Crippen molar-refractivity contribution >= 4 is 11.8 Å². The van der Waals surface area contributed by atoms with Crippen molar-refractivity contribution in [2.75, 3.05) is 19.7 Å². The Labute approximate surface area is 212 Å². The molecule has 0 spiro atoms. The molecule has 0 saturated carbocycles. The average Bonchev–Trinajstić information content (AvgIpc) is 3.33. The maximum absolute atomic E-state index is 13.2. The number of fused-ring (bicyclic) bond motifs is 1. The van der Waals surface area contributed by atoms with E-state index in [-0.39, 0.29) is 23.8 Å². The predicted molar refractivity (Wildman–Crippen MR) is 137 cm³/mol. The van der Waals surface area contributed by atoms with E-state index >= 15 is 0 Å². The minimum Gasteiger partial charge on any atom is -0.493 e. The highest BCUT2D eigenvalue weighted by molar-refractivity contribution is 5.81. The van der Waals surface area contributed by atoms with Gasteiger partial charge in [-0.25, -0.2) is 0 Å². The highest BCUT2D eigenvalue weighted by atomic mass is 16.5. The van der Waals surface area contributed by atoms with Crippen LogP contribution in [0.15, 0.2) is 66.9 Å². The number of para-hydroxylation sites is 1. The van der Waals surface area contributed by atoms with Crippen LogP contribution in [0.25, 0.3) is 0 Å². The van der Waals surface area contributed by atoms with Gasteiger partial charge in [0, 0.05) is 24.3 Å². The van der Waals surface area contributed by atoms with Crippen molar-refractivity contribution in [2.24, 2.45) is 5.92 Å². The second kappa shape index (κ2) is 11.4. The number of piperidine rings is 1. The zero-order valence-electron chi connectivity index (χ0n) is 20.6. The van der Waals surface area contributed by atoms with Crippen LogP contribution in [-0.2, 0) is 22.6 Å². The molecule has 0 bridgehead atoms. The predicted octanol–water partition coefficient (Wildman–Crippen LogP) is 4.13. The summed E-state index contributed by atoms with van der Waals surface area (Å²) in [5, 5.41) is 7.94. The van der Waals surface area contributed by atoms with E-state index in [2.05, 4.69) is 27.2 Å². The lowest BCUT2D eigenvalue weighted by atomic mass is 9.91. The van der Waals surface area contributed by atoms with Gasteiger partial charge in [-0.05, 0) is 49.8 Å². The lowest BCUT2D eigenvalue weighted by Gasteiger charge is -2.33. The lowest BCUT2D eigenvalue weighted by molar-refractivity contribution is -0.136. The van der Waals surface area contributed by atoms with E-state index in [0.717, 1.165) is 50.0 Å². The number of carbonyl (C=O) groups excluding carboxylic acids is 2. The number of nitrogens with one attached hydrogen (secondary N) is 1. The summed E-state index contributed by atoms with van der Waals surface area (Å²) in [6.07, 6.45) is 6.81. The van der Waals surface area contributed by atoms with E-state index in [0.29, 0.717) is 26.1 Å². The van der Waals surface area contributed by atoms with Gasteiger partial charge in [-0.3, -0.25) is 14.3 Å². The van der Waals surface area contributed by atoms with Gasteiger partial charge in [-0.2, -0.15) is 5.10 Å². The van der Waals surface area contributed by atoms with Gasteiger partial charge in [-0.15, -0.1) is 0 Å². The number of hydrogen-bond acceptors (Lipinski definition) is 4. The number of carbonyl (C=O) groups is 2. The smallest absolute Gasteiger partial charge is 0.226 e. The first-order valence-corrected chi connectivity index (χ1v) is 13.0. The average molecular weight is 487 g/mol. The zero-order valence-corrected chi connectivity index (χ0v) is 20.6. The van der Waals surface area contributed by atoms with Crippen molar-refractivity contribution in [3.8, 4) is 5.75 Å². The summed E-state index contributed by atoms with van der Waals surface area (Å²) in [5.41, 5.74) is 3.57. The Morgan fingerprint density at radius 3 is 2.58 bits per heavy atom. The molecule has 36 heavy (non-hydrogen) atoms. The fraction of sp³-hybridized carbons (Fsp3) is 0.414. The van der Waals surface area contributed by atoms with Crippen LogP contribution in [0.2, 0.25) is 0 Å². The number of likely N-dealkylation sites (tertiary alicyclic amines) is 1. The summed E-state index contributed by atoms with van der Waals surface area (Å²) in [7, 11) is 0. The Balaban J connectivity index is 1.15. The molecule has 1 fully saturated rings. The van der Waals surface area contributed by atoms with Crippen LogP contribution < -0.4 is 10.1 Å². The van der Waals surface area contributed by atoms with Gasteiger partial charge in [-0.1, -0.05) is 48.5 Å². The fourth-order valence-electron chi connectivity index (χ4n) is 5.30. The van der Waals surface area contributed by atoms with Gasteiger partial charge in [0.15, 0.2) is 0 Å². The Morgan fingerprint density at radius 2 is 1.78 bits per heavy atom. The molecule has 7 heteroatoms. The number of aromatic nitrogens is 2. The molecule has 2 atom stereocenters. The summed E-state index contributed by atoms with van der Waals surface area (Å²) >= 11 is 0. The molecular weight excluding hydrogens is 452 g/mol. The molecule has 1 saturated heterocycles. The monoisotopic (exact) mass is 486 g/mol. The van der Waals surface area contributed by atoms with Crippen LogP contribution in [-0.4, -0.2) is 46.2 Å². The van der Waals surface area contributed by atoms with Crippen LogP contribution in [0, 0.1) is 5.92 Å². The molecule has 188 valence electrons. The summed E-state index contributed by atoms with van der Waals surface area (Å²) in [5.74, 6) is 0.676. The zero-order chi connectivity index (χ0) is 24.7. The summed E-state index contributed by atoms with van der Waals surface area (Å²) in [4.78, 5) is 27.8. The van der Waals surface area contributed by atoms with Gasteiger partial charge >= 0.3 is 0 Å². The van der Waals surface area contributed by atoms with Gasteiger partial charge in [0.25, 0.3) is 0 Å². The van der Waals surface area contributed by atoms with Gasteiger partial charge in [0.2, 0.25) is 11.8 Å². The number of amides is 2. The highest BCUT2D eigenvalue weighted by Crippen LogP contribution is 2.31. The molecule has 2 heterocycles. The lowest BCUT2D eigenvalue weighted by Crippen LogP contribution is -2.46. The SMILES string of the molecule is O=C(NC1CCCc2c1cnn2Cc1ccccc1)C1CCCN(C(=O)CCOc2ccccc2)C1. The maximum atomic E-state index is 13.2. The van der Waals surface area contributed by atoms with E-state index in [4.69, 9.17) is 4.74 Å². The minimum absolute atomic E-state index is 0.0175. The van der Waals surface area contributed by atoms with Crippen LogP contribution >= 0.6 is 0 Å². The van der Waals surface area contributed by atoms with Crippen LogP contribution in [0.5, 0.6) is 5.75 Å². The second-order valence-corrected chi connectivity index (χ2v) is 9.73. The van der Waals surface area contributed by atoms with Crippen LogP contribution in [0.3, 0.4) is 0 Å². The standard InChI is InChI=1S/C29H34N4O3/c34-28(16-18-36-24-12-5-2-6-13-24)32-17-8-11-23(21-32)29(35)31-26-14-7-15-27-25(26)19-30-33(27)20-22-9-3-1-4-10-22/h1-6,9-10,12-13,19,23,26H,7-8,11,14-18,20-21H2,(H,31,35). The van der Waals surface area contributed by atoms with Crippen molar-refractivity contribution < 1.29 is 14.3 Å². The molecule has 3 aromatic rings. The first-order valence-electron chi connectivity index (χ1n) is 13.0. The number of nitrogens with zero attached hydrogens (tertiary/aromatic N) is 3. The molecule has 2 aliphatic rings.